The number of likely N-dealkylation sites (N-methyl/N-ethyl adjacent to an activating group) is 1. The van der Waals surface area contributed by atoms with Crippen LogP contribution in [0.2, 0.25) is 0 Å². The molecule has 1 rings (SSSR count). The fourth-order valence-electron chi connectivity index (χ4n) is 1.40. The summed E-state index contributed by atoms with van der Waals surface area (Å²) in [6.07, 6.45) is 2.74. The standard InChI is InChI=1S/C8H17NOS/c1-9(4-5-10)7-8-3-2-6-11-8/h8,10H,2-7H2,1H3. The van der Waals surface area contributed by atoms with Gasteiger partial charge in [0.25, 0.3) is 0 Å². The average molecular weight is 175 g/mol. The topological polar surface area (TPSA) is 23.5 Å². The lowest BCUT2D eigenvalue weighted by molar-refractivity contribution is 0.221. The third-order valence-corrected chi connectivity index (χ3v) is 3.40. The molecule has 0 aromatic heterocycles. The molecule has 0 bridgehead atoms. The summed E-state index contributed by atoms with van der Waals surface area (Å²) in [6.45, 7) is 2.25. The van der Waals surface area contributed by atoms with Crippen molar-refractivity contribution in [3.8, 4) is 0 Å². The summed E-state index contributed by atoms with van der Waals surface area (Å²) in [5, 5.41) is 9.49. The molecule has 0 spiro atoms. The van der Waals surface area contributed by atoms with Gasteiger partial charge in [0.2, 0.25) is 0 Å². The summed E-state index contributed by atoms with van der Waals surface area (Å²) < 4.78 is 0. The van der Waals surface area contributed by atoms with Gasteiger partial charge in [0.1, 0.15) is 0 Å². The number of aliphatic hydroxyl groups excluding tert-OH is 1. The molecule has 0 aliphatic carbocycles. The second kappa shape index (κ2) is 5.01. The average Bonchev–Trinajstić information content (AvgIpc) is 2.40. The molecule has 1 heterocycles. The minimum absolute atomic E-state index is 0.286. The molecule has 0 amide bonds. The molecule has 0 aromatic rings. The molecule has 11 heavy (non-hydrogen) atoms. The van der Waals surface area contributed by atoms with Crippen LogP contribution in [0.4, 0.5) is 0 Å². The van der Waals surface area contributed by atoms with Crippen molar-refractivity contribution in [3.63, 3.8) is 0 Å². The molecular formula is C8H17NOS. The molecule has 1 aliphatic heterocycles. The molecule has 2 nitrogen and oxygen atoms in total. The normalized spacial score (nSPS) is 24.8. The van der Waals surface area contributed by atoms with Gasteiger partial charge in [-0.25, -0.2) is 0 Å². The highest BCUT2D eigenvalue weighted by atomic mass is 32.2. The van der Waals surface area contributed by atoms with E-state index in [1.807, 2.05) is 0 Å². The van der Waals surface area contributed by atoms with Gasteiger partial charge in [0, 0.05) is 18.3 Å². The minimum atomic E-state index is 0.286. The molecule has 66 valence electrons. The highest BCUT2D eigenvalue weighted by Crippen LogP contribution is 2.26. The van der Waals surface area contributed by atoms with Gasteiger partial charge in [-0.3, -0.25) is 0 Å². The first-order chi connectivity index (χ1) is 5.33. The quantitative estimate of drug-likeness (QED) is 0.684. The number of rotatable bonds is 4. The number of hydrogen-bond donors (Lipinski definition) is 1. The Bertz CT molecular complexity index is 104. The van der Waals surface area contributed by atoms with Gasteiger partial charge in [-0.1, -0.05) is 0 Å². The molecule has 1 fully saturated rings. The molecule has 1 unspecified atom stereocenters. The van der Waals surface area contributed by atoms with Crippen LogP contribution < -0.4 is 0 Å². The molecular weight excluding hydrogens is 158 g/mol. The van der Waals surface area contributed by atoms with E-state index in [4.69, 9.17) is 5.11 Å². The van der Waals surface area contributed by atoms with Gasteiger partial charge in [-0.05, 0) is 25.6 Å². The molecule has 1 saturated heterocycles. The van der Waals surface area contributed by atoms with E-state index < -0.39 is 0 Å². The number of nitrogens with zero attached hydrogens (tertiary/aromatic N) is 1. The SMILES string of the molecule is CN(CCO)CC1CCCS1. The maximum atomic E-state index is 8.66. The Hall–Kier alpha value is 0.270. The lowest BCUT2D eigenvalue weighted by Gasteiger charge is -2.18. The zero-order valence-electron chi connectivity index (χ0n) is 7.12. The second-order valence-electron chi connectivity index (χ2n) is 3.12. The van der Waals surface area contributed by atoms with Gasteiger partial charge in [0.15, 0.2) is 0 Å². The zero-order chi connectivity index (χ0) is 8.10. The van der Waals surface area contributed by atoms with Gasteiger partial charge >= 0.3 is 0 Å². The van der Waals surface area contributed by atoms with Crippen molar-refractivity contribution in [2.45, 2.75) is 18.1 Å². The van der Waals surface area contributed by atoms with Crippen LogP contribution in [0, 0.1) is 0 Å². The maximum absolute atomic E-state index is 8.66. The van der Waals surface area contributed by atoms with Crippen LogP contribution in [0.3, 0.4) is 0 Å². The molecule has 0 aromatic carbocycles. The van der Waals surface area contributed by atoms with Crippen molar-refractivity contribution in [1.29, 1.82) is 0 Å². The summed E-state index contributed by atoms with van der Waals surface area (Å²) >= 11 is 2.07. The summed E-state index contributed by atoms with van der Waals surface area (Å²) in [7, 11) is 2.08. The first-order valence-electron chi connectivity index (χ1n) is 4.24. The molecule has 1 aliphatic rings. The number of aliphatic hydroxyl groups is 1. The van der Waals surface area contributed by atoms with Crippen molar-refractivity contribution < 1.29 is 5.11 Å². The van der Waals surface area contributed by atoms with Gasteiger partial charge in [0.05, 0.1) is 6.61 Å². The predicted molar refractivity (Wildman–Crippen MR) is 50.1 cm³/mol. The van der Waals surface area contributed by atoms with E-state index in [2.05, 4.69) is 23.7 Å². The summed E-state index contributed by atoms with van der Waals surface area (Å²) in [4.78, 5) is 2.21. The highest BCUT2D eigenvalue weighted by Gasteiger charge is 2.16. The Labute approximate surface area is 73.0 Å². The summed E-state index contributed by atoms with van der Waals surface area (Å²) in [5.74, 6) is 1.33. The molecule has 0 saturated carbocycles. The lowest BCUT2D eigenvalue weighted by atomic mass is 10.2. The highest BCUT2D eigenvalue weighted by molar-refractivity contribution is 8.00. The van der Waals surface area contributed by atoms with Crippen LogP contribution in [-0.2, 0) is 0 Å². The molecule has 1 N–H and O–H groups in total. The Morgan fingerprint density at radius 2 is 2.45 bits per heavy atom. The maximum Gasteiger partial charge on any atom is 0.0558 e. The van der Waals surface area contributed by atoms with Crippen LogP contribution in [0.5, 0.6) is 0 Å². The fraction of sp³-hybridized carbons (Fsp3) is 1.00. The number of hydrogen-bond acceptors (Lipinski definition) is 3. The Morgan fingerprint density at radius 3 is 3.00 bits per heavy atom. The van der Waals surface area contributed by atoms with Crippen LogP contribution in [0.1, 0.15) is 12.8 Å². The summed E-state index contributed by atoms with van der Waals surface area (Å²) in [6, 6.07) is 0. The van der Waals surface area contributed by atoms with E-state index in [1.165, 1.54) is 18.6 Å². The predicted octanol–water partition coefficient (Wildman–Crippen LogP) is 0.806. The van der Waals surface area contributed by atoms with Gasteiger partial charge in [-0.2, -0.15) is 11.8 Å². The number of thioether (sulfide) groups is 1. The Morgan fingerprint density at radius 1 is 1.64 bits per heavy atom. The smallest absolute Gasteiger partial charge is 0.0558 e. The lowest BCUT2D eigenvalue weighted by Crippen LogP contribution is -2.28. The van der Waals surface area contributed by atoms with E-state index in [-0.39, 0.29) is 6.61 Å². The van der Waals surface area contributed by atoms with Crippen LogP contribution >= 0.6 is 11.8 Å². The van der Waals surface area contributed by atoms with Crippen molar-refractivity contribution in [2.24, 2.45) is 0 Å². The first-order valence-corrected chi connectivity index (χ1v) is 5.29. The molecule has 3 heteroatoms. The zero-order valence-corrected chi connectivity index (χ0v) is 7.94. The second-order valence-corrected chi connectivity index (χ2v) is 4.53. The molecule has 0 radical (unpaired) electrons. The van der Waals surface area contributed by atoms with E-state index in [9.17, 15) is 0 Å². The van der Waals surface area contributed by atoms with Crippen molar-refractivity contribution in [2.75, 3.05) is 32.5 Å². The third kappa shape index (κ3) is 3.45. The van der Waals surface area contributed by atoms with Crippen LogP contribution in [-0.4, -0.2) is 47.8 Å². The van der Waals surface area contributed by atoms with Gasteiger partial charge < -0.3 is 10.0 Å². The Kier molecular flexibility index (Phi) is 4.26. The minimum Gasteiger partial charge on any atom is -0.395 e. The monoisotopic (exact) mass is 175 g/mol. The first kappa shape index (κ1) is 9.36. The Balaban J connectivity index is 2.08. The largest absolute Gasteiger partial charge is 0.395 e. The third-order valence-electron chi connectivity index (χ3n) is 2.02. The van der Waals surface area contributed by atoms with Crippen molar-refractivity contribution >= 4 is 11.8 Å². The van der Waals surface area contributed by atoms with E-state index >= 15 is 0 Å². The fourth-order valence-corrected chi connectivity index (χ4v) is 2.76. The van der Waals surface area contributed by atoms with Crippen molar-refractivity contribution in [1.82, 2.24) is 4.90 Å². The van der Waals surface area contributed by atoms with Crippen LogP contribution in [0.15, 0.2) is 0 Å². The van der Waals surface area contributed by atoms with E-state index in [1.54, 1.807) is 0 Å². The van der Waals surface area contributed by atoms with E-state index in [0.717, 1.165) is 18.3 Å². The van der Waals surface area contributed by atoms with Crippen LogP contribution in [0.25, 0.3) is 0 Å². The summed E-state index contributed by atoms with van der Waals surface area (Å²) in [5.41, 5.74) is 0. The van der Waals surface area contributed by atoms with E-state index in [0.29, 0.717) is 0 Å². The van der Waals surface area contributed by atoms with Crippen molar-refractivity contribution in [3.05, 3.63) is 0 Å². The molecule has 1 atom stereocenters. The van der Waals surface area contributed by atoms with Gasteiger partial charge in [-0.15, -0.1) is 0 Å².